The third-order valence-corrected chi connectivity index (χ3v) is 5.78. The van der Waals surface area contributed by atoms with Crippen LogP contribution in [0.5, 0.6) is 0 Å². The molecule has 2 aliphatic heterocycles. The number of imide groups is 1. The molecule has 0 aromatic heterocycles. The second-order valence-corrected chi connectivity index (χ2v) is 7.49. The van der Waals surface area contributed by atoms with Crippen LogP contribution in [0.15, 0.2) is 24.3 Å². The van der Waals surface area contributed by atoms with Gasteiger partial charge < -0.3 is 10.0 Å². The number of piperidine rings is 1. The summed E-state index contributed by atoms with van der Waals surface area (Å²) in [6.45, 7) is 2.42. The van der Waals surface area contributed by atoms with Crippen molar-refractivity contribution >= 4 is 34.8 Å². The summed E-state index contributed by atoms with van der Waals surface area (Å²) < 4.78 is 0. The highest BCUT2D eigenvalue weighted by Gasteiger charge is 2.36. The van der Waals surface area contributed by atoms with E-state index in [2.05, 4.69) is 0 Å². The molecule has 2 aliphatic rings. The van der Waals surface area contributed by atoms with Gasteiger partial charge in [0.25, 0.3) is 11.1 Å². The number of hydrogen-bond donors (Lipinski definition) is 1. The average molecular weight is 376 g/mol. The van der Waals surface area contributed by atoms with Crippen LogP contribution in [0.4, 0.5) is 4.79 Å². The molecule has 0 unspecified atom stereocenters. The van der Waals surface area contributed by atoms with E-state index < -0.39 is 11.9 Å². The normalized spacial score (nSPS) is 23.4. The topological polar surface area (TPSA) is 95.0 Å². The largest absolute Gasteiger partial charge is 0.481 e. The number of carbonyl (C=O) groups excluding carboxylic acids is 3. The highest BCUT2D eigenvalue weighted by atomic mass is 32.2. The molecular weight excluding hydrogens is 356 g/mol. The zero-order chi connectivity index (χ0) is 18.8. The lowest BCUT2D eigenvalue weighted by Gasteiger charge is -2.37. The lowest BCUT2D eigenvalue weighted by molar-refractivity contribution is -0.145. The van der Waals surface area contributed by atoms with Crippen molar-refractivity contribution < 1.29 is 24.3 Å². The maximum Gasteiger partial charge on any atom is 0.308 e. The van der Waals surface area contributed by atoms with Crippen molar-refractivity contribution in [3.63, 3.8) is 0 Å². The zero-order valence-corrected chi connectivity index (χ0v) is 15.2. The maximum atomic E-state index is 12.9. The smallest absolute Gasteiger partial charge is 0.308 e. The predicted molar refractivity (Wildman–Crippen MR) is 95.7 cm³/mol. The zero-order valence-electron chi connectivity index (χ0n) is 14.4. The number of carboxylic acid groups (broad SMARTS) is 1. The minimum absolute atomic E-state index is 0.138. The Balaban J connectivity index is 1.77. The minimum Gasteiger partial charge on any atom is -0.481 e. The molecule has 8 heteroatoms. The lowest BCUT2D eigenvalue weighted by atomic mass is 9.89. The molecule has 2 fully saturated rings. The fourth-order valence-corrected chi connectivity index (χ4v) is 4.17. The average Bonchev–Trinajstić information content (AvgIpc) is 2.93. The van der Waals surface area contributed by atoms with E-state index >= 15 is 0 Å². The Labute approximate surface area is 155 Å². The van der Waals surface area contributed by atoms with E-state index in [9.17, 15) is 24.3 Å². The monoisotopic (exact) mass is 376 g/mol. The van der Waals surface area contributed by atoms with Crippen LogP contribution < -0.4 is 0 Å². The number of aliphatic carboxylic acids is 1. The van der Waals surface area contributed by atoms with Crippen molar-refractivity contribution in [2.75, 3.05) is 12.3 Å². The molecule has 1 N–H and O–H groups in total. The molecule has 3 amide bonds. The van der Waals surface area contributed by atoms with E-state index in [0.29, 0.717) is 30.5 Å². The third kappa shape index (κ3) is 3.60. The summed E-state index contributed by atoms with van der Waals surface area (Å²) in [6, 6.07) is 6.44. The Bertz CT molecular complexity index is 750. The summed E-state index contributed by atoms with van der Waals surface area (Å²) in [4.78, 5) is 50.5. The maximum absolute atomic E-state index is 12.9. The molecule has 1 aromatic carbocycles. The molecule has 26 heavy (non-hydrogen) atoms. The molecule has 3 rings (SSSR count). The van der Waals surface area contributed by atoms with Crippen LogP contribution in [0, 0.1) is 5.92 Å². The van der Waals surface area contributed by atoms with Crippen molar-refractivity contribution in [1.29, 1.82) is 0 Å². The van der Waals surface area contributed by atoms with Crippen LogP contribution in [-0.2, 0) is 16.1 Å². The molecular formula is C18H20N2O5S. The molecule has 7 nitrogen and oxygen atoms in total. The fourth-order valence-electron chi connectivity index (χ4n) is 3.44. The number of rotatable bonds is 4. The van der Waals surface area contributed by atoms with Crippen LogP contribution in [-0.4, -0.2) is 56.3 Å². The SMILES string of the molecule is C[C@@H]1[C@H](C(=O)O)CCCN1C(=O)c1cccc(CN2C(=O)CSC2=O)c1. The van der Waals surface area contributed by atoms with Crippen molar-refractivity contribution in [1.82, 2.24) is 9.80 Å². The van der Waals surface area contributed by atoms with Gasteiger partial charge in [-0.25, -0.2) is 0 Å². The number of nitrogens with zero attached hydrogens (tertiary/aromatic N) is 2. The standard InChI is InChI=1S/C18H20N2O5S/c1-11-14(17(23)24)6-3-7-19(11)16(22)13-5-2-4-12(8-13)9-20-15(21)10-26-18(20)25/h2,4-5,8,11,14H,3,6-7,9-10H2,1H3,(H,23,24)/t11-,14-/m1/s1. The van der Waals surface area contributed by atoms with Gasteiger partial charge in [0, 0.05) is 18.2 Å². The van der Waals surface area contributed by atoms with E-state index in [1.165, 1.54) is 4.90 Å². The second kappa shape index (κ2) is 7.49. The van der Waals surface area contributed by atoms with Gasteiger partial charge in [-0.2, -0.15) is 0 Å². The van der Waals surface area contributed by atoms with E-state index in [-0.39, 0.29) is 35.4 Å². The quantitative estimate of drug-likeness (QED) is 0.866. The second-order valence-electron chi connectivity index (χ2n) is 6.56. The van der Waals surface area contributed by atoms with Crippen molar-refractivity contribution in [2.45, 2.75) is 32.4 Å². The molecule has 2 atom stereocenters. The Morgan fingerprint density at radius 1 is 1.31 bits per heavy atom. The van der Waals surface area contributed by atoms with Crippen molar-refractivity contribution in [3.8, 4) is 0 Å². The van der Waals surface area contributed by atoms with E-state index in [1.54, 1.807) is 36.1 Å². The summed E-state index contributed by atoms with van der Waals surface area (Å²) in [5.74, 6) is -1.75. The first-order chi connectivity index (χ1) is 12.4. The van der Waals surface area contributed by atoms with Gasteiger partial charge >= 0.3 is 5.97 Å². The van der Waals surface area contributed by atoms with Gasteiger partial charge in [0.05, 0.1) is 18.2 Å². The first-order valence-electron chi connectivity index (χ1n) is 8.48. The van der Waals surface area contributed by atoms with Gasteiger partial charge in [-0.05, 0) is 37.5 Å². The van der Waals surface area contributed by atoms with Crippen LogP contribution in [0.3, 0.4) is 0 Å². The number of amides is 3. The highest BCUT2D eigenvalue weighted by Crippen LogP contribution is 2.26. The molecule has 0 bridgehead atoms. The summed E-state index contributed by atoms with van der Waals surface area (Å²) in [5, 5.41) is 9.05. The third-order valence-electron chi connectivity index (χ3n) is 4.92. The highest BCUT2D eigenvalue weighted by molar-refractivity contribution is 8.14. The van der Waals surface area contributed by atoms with Crippen LogP contribution in [0.1, 0.15) is 35.7 Å². The predicted octanol–water partition coefficient (Wildman–Crippen LogP) is 2.21. The molecule has 0 radical (unpaired) electrons. The first-order valence-corrected chi connectivity index (χ1v) is 9.47. The van der Waals surface area contributed by atoms with Gasteiger partial charge in [-0.1, -0.05) is 23.9 Å². The number of carboxylic acids is 1. The first kappa shape index (κ1) is 18.4. The van der Waals surface area contributed by atoms with E-state index in [4.69, 9.17) is 0 Å². The van der Waals surface area contributed by atoms with Gasteiger partial charge in [0.2, 0.25) is 5.91 Å². The Kier molecular flexibility index (Phi) is 5.31. The van der Waals surface area contributed by atoms with Gasteiger partial charge in [0.1, 0.15) is 0 Å². The molecule has 0 spiro atoms. The summed E-state index contributed by atoms with van der Waals surface area (Å²) >= 11 is 0.976. The number of benzene rings is 1. The summed E-state index contributed by atoms with van der Waals surface area (Å²) in [6.07, 6.45) is 1.22. The van der Waals surface area contributed by atoms with E-state index in [1.807, 2.05) is 0 Å². The molecule has 0 saturated carbocycles. The molecule has 1 aromatic rings. The molecule has 138 valence electrons. The number of carbonyl (C=O) groups is 4. The number of thioether (sulfide) groups is 1. The lowest BCUT2D eigenvalue weighted by Crippen LogP contribution is -2.49. The van der Waals surface area contributed by atoms with Crippen molar-refractivity contribution in [2.24, 2.45) is 5.92 Å². The van der Waals surface area contributed by atoms with Crippen LogP contribution >= 0.6 is 11.8 Å². The Morgan fingerprint density at radius 3 is 2.73 bits per heavy atom. The number of likely N-dealkylation sites (tertiary alicyclic amines) is 1. The summed E-state index contributed by atoms with van der Waals surface area (Å²) in [5.41, 5.74) is 1.13. The minimum atomic E-state index is -0.882. The van der Waals surface area contributed by atoms with Gasteiger partial charge in [-0.3, -0.25) is 24.1 Å². The van der Waals surface area contributed by atoms with E-state index in [0.717, 1.165) is 11.8 Å². The molecule has 2 saturated heterocycles. The Morgan fingerprint density at radius 2 is 2.08 bits per heavy atom. The Hall–Kier alpha value is -2.35. The van der Waals surface area contributed by atoms with Gasteiger partial charge in [0.15, 0.2) is 0 Å². The summed E-state index contributed by atoms with van der Waals surface area (Å²) in [7, 11) is 0. The molecule has 2 heterocycles. The fraction of sp³-hybridized carbons (Fsp3) is 0.444. The van der Waals surface area contributed by atoms with Crippen LogP contribution in [0.2, 0.25) is 0 Å². The van der Waals surface area contributed by atoms with Gasteiger partial charge in [-0.15, -0.1) is 0 Å². The number of hydrogen-bond acceptors (Lipinski definition) is 5. The van der Waals surface area contributed by atoms with Crippen molar-refractivity contribution in [3.05, 3.63) is 35.4 Å². The van der Waals surface area contributed by atoms with Crippen LogP contribution in [0.25, 0.3) is 0 Å². The molecule has 0 aliphatic carbocycles.